The van der Waals surface area contributed by atoms with Crippen LogP contribution >= 0.6 is 11.3 Å². The third-order valence-corrected chi connectivity index (χ3v) is 3.79. The number of nitrogens with one attached hydrogen (secondary N) is 1. The molecule has 0 saturated carbocycles. The monoisotopic (exact) mass is 288 g/mol. The summed E-state index contributed by atoms with van der Waals surface area (Å²) >= 11 is 1.22. The van der Waals surface area contributed by atoms with Crippen molar-refractivity contribution < 1.29 is 9.59 Å². The molecule has 0 aliphatic rings. The van der Waals surface area contributed by atoms with Gasteiger partial charge in [-0.3, -0.25) is 9.59 Å². The normalized spacial score (nSPS) is 10.3. The van der Waals surface area contributed by atoms with Gasteiger partial charge in [0.25, 0.3) is 0 Å². The number of carbonyl (C=O) groups is 2. The zero-order valence-electron chi connectivity index (χ0n) is 11.5. The highest BCUT2D eigenvalue weighted by Crippen LogP contribution is 2.31. The summed E-state index contributed by atoms with van der Waals surface area (Å²) in [5.41, 5.74) is 1.51. The number of amides is 1. The summed E-state index contributed by atoms with van der Waals surface area (Å²) in [6, 6.07) is 9.51. The first kappa shape index (κ1) is 14.4. The van der Waals surface area contributed by atoms with Gasteiger partial charge < -0.3 is 5.32 Å². The molecule has 4 nitrogen and oxygen atoms in total. The molecule has 2 rings (SSSR count). The van der Waals surface area contributed by atoms with Gasteiger partial charge in [0.1, 0.15) is 0 Å². The van der Waals surface area contributed by atoms with Gasteiger partial charge in [-0.15, -0.1) is 0 Å². The lowest BCUT2D eigenvalue weighted by molar-refractivity contribution is -0.116. The second-order valence-corrected chi connectivity index (χ2v) is 5.42. The highest BCUT2D eigenvalue weighted by molar-refractivity contribution is 7.18. The van der Waals surface area contributed by atoms with Crippen LogP contribution in [0, 0.1) is 0 Å². The van der Waals surface area contributed by atoms with Crippen LogP contribution in [0.15, 0.2) is 30.3 Å². The minimum absolute atomic E-state index is 0.0441. The van der Waals surface area contributed by atoms with Gasteiger partial charge in [0.2, 0.25) is 5.91 Å². The van der Waals surface area contributed by atoms with Crippen LogP contribution in [0.25, 0.3) is 11.3 Å². The molecule has 0 radical (unpaired) electrons. The lowest BCUT2D eigenvalue weighted by atomic mass is 10.1. The molecular formula is C15H16N2O2S. The summed E-state index contributed by atoms with van der Waals surface area (Å²) in [5, 5.41) is 3.22. The van der Waals surface area contributed by atoms with Crippen LogP contribution in [0.2, 0.25) is 0 Å². The molecule has 0 fully saturated rings. The van der Waals surface area contributed by atoms with Gasteiger partial charge in [0, 0.05) is 18.9 Å². The van der Waals surface area contributed by atoms with E-state index in [4.69, 9.17) is 0 Å². The largest absolute Gasteiger partial charge is 0.302 e. The van der Waals surface area contributed by atoms with Crippen molar-refractivity contribution in [3.8, 4) is 11.3 Å². The molecule has 1 aromatic carbocycles. The quantitative estimate of drug-likeness (QED) is 0.852. The number of carbonyl (C=O) groups excluding carboxylic acids is 2. The topological polar surface area (TPSA) is 59.1 Å². The Bertz CT molecular complexity index is 620. The van der Waals surface area contributed by atoms with E-state index in [1.54, 1.807) is 0 Å². The van der Waals surface area contributed by atoms with Gasteiger partial charge in [-0.25, -0.2) is 4.98 Å². The average molecular weight is 288 g/mol. The molecule has 104 valence electrons. The maximum atomic E-state index is 11.7. The third kappa shape index (κ3) is 3.30. The molecule has 1 aromatic heterocycles. The molecule has 0 bridgehead atoms. The maximum Gasteiger partial charge on any atom is 0.226 e. The molecule has 5 heteroatoms. The number of nitrogens with zero attached hydrogens (tertiary/aromatic N) is 1. The van der Waals surface area contributed by atoms with Gasteiger partial charge in [0.15, 0.2) is 10.9 Å². The molecule has 0 saturated heterocycles. The Morgan fingerprint density at radius 1 is 1.25 bits per heavy atom. The molecule has 1 amide bonds. The molecule has 1 heterocycles. The highest BCUT2D eigenvalue weighted by Gasteiger charge is 2.17. The van der Waals surface area contributed by atoms with Crippen LogP contribution in [-0.4, -0.2) is 16.7 Å². The number of anilines is 1. The van der Waals surface area contributed by atoms with Crippen molar-refractivity contribution in [1.29, 1.82) is 0 Å². The average Bonchev–Trinajstić information content (AvgIpc) is 2.84. The van der Waals surface area contributed by atoms with E-state index < -0.39 is 0 Å². The number of ketones is 1. The van der Waals surface area contributed by atoms with E-state index >= 15 is 0 Å². The SMILES string of the molecule is CCCC(=O)Nc1nc(-c2ccccc2)c(C(C)=O)s1. The van der Waals surface area contributed by atoms with Gasteiger partial charge in [0.05, 0.1) is 10.6 Å². The fourth-order valence-corrected chi connectivity index (χ4v) is 2.71. The lowest BCUT2D eigenvalue weighted by Gasteiger charge is -1.99. The van der Waals surface area contributed by atoms with Crippen LogP contribution in [-0.2, 0) is 4.79 Å². The Hall–Kier alpha value is -2.01. The van der Waals surface area contributed by atoms with Crippen LogP contribution in [0.3, 0.4) is 0 Å². The predicted octanol–water partition coefficient (Wildman–Crippen LogP) is 3.75. The molecule has 0 aliphatic heterocycles. The van der Waals surface area contributed by atoms with Crippen molar-refractivity contribution in [3.63, 3.8) is 0 Å². The number of Topliss-reactive ketones (excluding diaryl/α,β-unsaturated/α-hetero) is 1. The summed E-state index contributed by atoms with van der Waals surface area (Å²) in [5.74, 6) is -0.117. The standard InChI is InChI=1S/C15H16N2O2S/c1-3-7-12(19)16-15-17-13(14(20-15)10(2)18)11-8-5-4-6-9-11/h4-6,8-9H,3,7H2,1-2H3,(H,16,17,19). The molecule has 0 atom stereocenters. The molecule has 0 unspecified atom stereocenters. The van der Waals surface area contributed by atoms with Gasteiger partial charge in [-0.1, -0.05) is 48.6 Å². The number of thiazole rings is 1. The van der Waals surface area contributed by atoms with E-state index in [0.29, 0.717) is 22.1 Å². The Balaban J connectivity index is 2.34. The number of benzene rings is 1. The summed E-state index contributed by atoms with van der Waals surface area (Å²) in [6.45, 7) is 3.45. The Morgan fingerprint density at radius 2 is 1.95 bits per heavy atom. The van der Waals surface area contributed by atoms with E-state index in [1.807, 2.05) is 37.3 Å². The second kappa shape index (κ2) is 6.43. The highest BCUT2D eigenvalue weighted by atomic mass is 32.1. The maximum absolute atomic E-state index is 11.7. The minimum Gasteiger partial charge on any atom is -0.302 e. The summed E-state index contributed by atoms with van der Waals surface area (Å²) < 4.78 is 0. The van der Waals surface area contributed by atoms with E-state index in [1.165, 1.54) is 18.3 Å². The van der Waals surface area contributed by atoms with Crippen LogP contribution < -0.4 is 5.32 Å². The van der Waals surface area contributed by atoms with Crippen molar-refractivity contribution in [2.75, 3.05) is 5.32 Å². The molecule has 2 aromatic rings. The van der Waals surface area contributed by atoms with Crippen molar-refractivity contribution in [1.82, 2.24) is 4.98 Å². The molecule has 0 spiro atoms. The molecular weight excluding hydrogens is 272 g/mol. The molecule has 1 N–H and O–H groups in total. The zero-order chi connectivity index (χ0) is 14.5. The van der Waals surface area contributed by atoms with E-state index in [-0.39, 0.29) is 11.7 Å². The first-order valence-corrected chi connectivity index (χ1v) is 7.30. The summed E-state index contributed by atoms with van der Waals surface area (Å²) in [7, 11) is 0. The lowest BCUT2D eigenvalue weighted by Crippen LogP contribution is -2.10. The number of aromatic nitrogens is 1. The van der Waals surface area contributed by atoms with Crippen molar-refractivity contribution in [2.45, 2.75) is 26.7 Å². The first-order chi connectivity index (χ1) is 9.61. The number of hydrogen-bond acceptors (Lipinski definition) is 4. The van der Waals surface area contributed by atoms with Gasteiger partial charge in [-0.05, 0) is 6.42 Å². The van der Waals surface area contributed by atoms with Crippen molar-refractivity contribution in [2.24, 2.45) is 0 Å². The van der Waals surface area contributed by atoms with Crippen molar-refractivity contribution in [3.05, 3.63) is 35.2 Å². The second-order valence-electron chi connectivity index (χ2n) is 4.42. The van der Waals surface area contributed by atoms with Crippen LogP contribution in [0.5, 0.6) is 0 Å². The summed E-state index contributed by atoms with van der Waals surface area (Å²) in [4.78, 5) is 28.3. The first-order valence-electron chi connectivity index (χ1n) is 6.49. The van der Waals surface area contributed by atoms with E-state index in [9.17, 15) is 9.59 Å². The minimum atomic E-state index is -0.0732. The zero-order valence-corrected chi connectivity index (χ0v) is 12.3. The molecule has 20 heavy (non-hydrogen) atoms. The number of hydrogen-bond donors (Lipinski definition) is 1. The third-order valence-electron chi connectivity index (χ3n) is 2.72. The Morgan fingerprint density at radius 3 is 2.55 bits per heavy atom. The van der Waals surface area contributed by atoms with Crippen LogP contribution in [0.4, 0.5) is 5.13 Å². The Labute approximate surface area is 121 Å². The fourth-order valence-electron chi connectivity index (χ4n) is 1.81. The molecule has 0 aliphatic carbocycles. The van der Waals surface area contributed by atoms with E-state index in [2.05, 4.69) is 10.3 Å². The smallest absolute Gasteiger partial charge is 0.226 e. The Kier molecular flexibility index (Phi) is 4.63. The van der Waals surface area contributed by atoms with Crippen molar-refractivity contribution >= 4 is 28.2 Å². The van der Waals surface area contributed by atoms with Crippen LogP contribution in [0.1, 0.15) is 36.4 Å². The van der Waals surface area contributed by atoms with Gasteiger partial charge >= 0.3 is 0 Å². The number of rotatable bonds is 5. The predicted molar refractivity (Wildman–Crippen MR) is 81.1 cm³/mol. The van der Waals surface area contributed by atoms with Gasteiger partial charge in [-0.2, -0.15) is 0 Å². The van der Waals surface area contributed by atoms with E-state index in [0.717, 1.165) is 12.0 Å². The fraction of sp³-hybridized carbons (Fsp3) is 0.267. The summed E-state index contributed by atoms with van der Waals surface area (Å²) in [6.07, 6.45) is 1.23.